The number of ether oxygens (including phenoxy) is 1. The number of hydrogen-bond acceptors (Lipinski definition) is 5. The Morgan fingerprint density at radius 1 is 1.38 bits per heavy atom. The Kier molecular flexibility index (Phi) is 4.99. The van der Waals surface area contributed by atoms with Gasteiger partial charge in [-0.3, -0.25) is 4.79 Å². The van der Waals surface area contributed by atoms with Gasteiger partial charge in [0.1, 0.15) is 0 Å². The minimum Gasteiger partial charge on any atom is -0.481 e. The summed E-state index contributed by atoms with van der Waals surface area (Å²) in [6.07, 6.45) is -0.553. The third kappa shape index (κ3) is 3.85. The zero-order chi connectivity index (χ0) is 15.2. The summed E-state index contributed by atoms with van der Waals surface area (Å²) in [5, 5.41) is 20.6. The highest BCUT2D eigenvalue weighted by Crippen LogP contribution is 2.21. The molecule has 0 radical (unpaired) electrons. The van der Waals surface area contributed by atoms with Gasteiger partial charge in [-0.15, -0.1) is 5.10 Å². The molecule has 0 aliphatic heterocycles. The molecule has 0 amide bonds. The first-order valence-electron chi connectivity index (χ1n) is 6.67. The maximum atomic E-state index is 10.8. The average molecular weight is 290 g/mol. The van der Waals surface area contributed by atoms with Crippen molar-refractivity contribution < 1.29 is 14.6 Å². The second kappa shape index (κ2) is 6.94. The summed E-state index contributed by atoms with van der Waals surface area (Å²) in [6.45, 7) is 2.32. The third-order valence-corrected chi connectivity index (χ3v) is 3.36. The van der Waals surface area contributed by atoms with Crippen molar-refractivity contribution in [1.82, 2.24) is 20.2 Å². The van der Waals surface area contributed by atoms with Gasteiger partial charge in [0.05, 0.1) is 19.1 Å². The van der Waals surface area contributed by atoms with Crippen LogP contribution in [0.3, 0.4) is 0 Å². The molecule has 0 spiro atoms. The average Bonchev–Trinajstić information content (AvgIpc) is 2.94. The Morgan fingerprint density at radius 3 is 2.71 bits per heavy atom. The van der Waals surface area contributed by atoms with Crippen LogP contribution in [0.2, 0.25) is 0 Å². The van der Waals surface area contributed by atoms with Crippen LogP contribution in [0, 0.1) is 0 Å². The van der Waals surface area contributed by atoms with Gasteiger partial charge >= 0.3 is 5.97 Å². The lowest BCUT2D eigenvalue weighted by molar-refractivity contribution is -0.140. The quantitative estimate of drug-likeness (QED) is 0.827. The molecule has 7 heteroatoms. The van der Waals surface area contributed by atoms with E-state index >= 15 is 0 Å². The van der Waals surface area contributed by atoms with Gasteiger partial charge in [-0.25, -0.2) is 4.68 Å². The first kappa shape index (κ1) is 15.1. The molecule has 0 aliphatic rings. The normalized spacial score (nSPS) is 13.8. The predicted octanol–water partition coefficient (Wildman–Crippen LogP) is 1.31. The molecule has 2 atom stereocenters. The summed E-state index contributed by atoms with van der Waals surface area (Å²) in [4.78, 5) is 10.8. The summed E-state index contributed by atoms with van der Waals surface area (Å²) in [6, 6.07) is 9.89. The molecule has 2 unspecified atom stereocenters. The Balaban J connectivity index is 2.16. The van der Waals surface area contributed by atoms with Crippen LogP contribution in [0.5, 0.6) is 0 Å². The number of methoxy groups -OCH3 is 1. The van der Waals surface area contributed by atoms with Crippen LogP contribution in [0.1, 0.15) is 30.7 Å². The molecule has 2 aromatic rings. The van der Waals surface area contributed by atoms with Crippen molar-refractivity contribution in [1.29, 1.82) is 0 Å². The van der Waals surface area contributed by atoms with E-state index in [4.69, 9.17) is 9.84 Å². The van der Waals surface area contributed by atoms with Crippen molar-refractivity contribution in [2.45, 2.75) is 31.9 Å². The highest BCUT2D eigenvalue weighted by molar-refractivity contribution is 5.67. The number of tetrazole rings is 1. The molecule has 0 aliphatic carbocycles. The predicted molar refractivity (Wildman–Crippen MR) is 74.8 cm³/mol. The van der Waals surface area contributed by atoms with E-state index in [1.165, 1.54) is 7.11 Å². The topological polar surface area (TPSA) is 90.1 Å². The van der Waals surface area contributed by atoms with E-state index in [2.05, 4.69) is 15.5 Å². The smallest absolute Gasteiger partial charge is 0.306 e. The largest absolute Gasteiger partial charge is 0.481 e. The van der Waals surface area contributed by atoms with E-state index in [-0.39, 0.29) is 12.3 Å². The number of benzene rings is 1. The Labute approximate surface area is 122 Å². The molecule has 1 N–H and O–H groups in total. The first-order valence-corrected chi connectivity index (χ1v) is 6.67. The summed E-state index contributed by atoms with van der Waals surface area (Å²) >= 11 is 0. The van der Waals surface area contributed by atoms with E-state index in [0.717, 1.165) is 5.56 Å². The third-order valence-electron chi connectivity index (χ3n) is 3.36. The molecule has 112 valence electrons. The van der Waals surface area contributed by atoms with Crippen LogP contribution in [-0.4, -0.2) is 44.5 Å². The summed E-state index contributed by atoms with van der Waals surface area (Å²) in [5.74, 6) is -0.204. The van der Waals surface area contributed by atoms with Gasteiger partial charge in [-0.1, -0.05) is 37.3 Å². The van der Waals surface area contributed by atoms with E-state index < -0.39 is 12.1 Å². The molecule has 0 saturated carbocycles. The van der Waals surface area contributed by atoms with Crippen LogP contribution in [0.15, 0.2) is 30.3 Å². The lowest BCUT2D eigenvalue weighted by Crippen LogP contribution is -2.24. The monoisotopic (exact) mass is 290 g/mol. The van der Waals surface area contributed by atoms with Crippen molar-refractivity contribution in [3.05, 3.63) is 41.7 Å². The lowest BCUT2D eigenvalue weighted by atomic mass is 10.0. The Morgan fingerprint density at radius 2 is 2.10 bits per heavy atom. The van der Waals surface area contributed by atoms with Crippen LogP contribution >= 0.6 is 0 Å². The maximum Gasteiger partial charge on any atom is 0.306 e. The SMILES string of the molecule is COC(CC(=O)O)Cn1nnnc1C(C)c1ccccc1. The molecule has 1 aromatic heterocycles. The molecule has 21 heavy (non-hydrogen) atoms. The number of carbonyl (C=O) groups is 1. The minimum absolute atomic E-state index is 0.0172. The number of hydrogen-bond donors (Lipinski definition) is 1. The number of aromatic nitrogens is 4. The number of carboxylic acid groups (broad SMARTS) is 1. The molecule has 0 saturated heterocycles. The van der Waals surface area contributed by atoms with E-state index in [9.17, 15) is 4.79 Å². The van der Waals surface area contributed by atoms with Gasteiger partial charge in [-0.2, -0.15) is 0 Å². The van der Waals surface area contributed by atoms with Crippen molar-refractivity contribution in [3.8, 4) is 0 Å². The second-order valence-corrected chi connectivity index (χ2v) is 4.81. The maximum absolute atomic E-state index is 10.8. The highest BCUT2D eigenvalue weighted by atomic mass is 16.5. The van der Waals surface area contributed by atoms with Crippen molar-refractivity contribution in [2.75, 3.05) is 7.11 Å². The molecule has 7 nitrogen and oxygen atoms in total. The number of carboxylic acids is 1. The number of rotatable bonds is 7. The fourth-order valence-electron chi connectivity index (χ4n) is 2.15. The fraction of sp³-hybridized carbons (Fsp3) is 0.429. The zero-order valence-corrected chi connectivity index (χ0v) is 12.0. The summed E-state index contributed by atoms with van der Waals surface area (Å²) in [5.41, 5.74) is 1.10. The van der Waals surface area contributed by atoms with Gasteiger partial charge < -0.3 is 9.84 Å². The number of nitrogens with zero attached hydrogens (tertiary/aromatic N) is 4. The Bertz CT molecular complexity index is 585. The van der Waals surface area contributed by atoms with Crippen LogP contribution in [0.25, 0.3) is 0 Å². The van der Waals surface area contributed by atoms with Crippen LogP contribution in [-0.2, 0) is 16.1 Å². The van der Waals surface area contributed by atoms with Gasteiger partial charge in [0.25, 0.3) is 0 Å². The molecule has 1 aromatic carbocycles. The molecule has 2 rings (SSSR count). The van der Waals surface area contributed by atoms with Crippen LogP contribution in [0.4, 0.5) is 0 Å². The summed E-state index contributed by atoms with van der Waals surface area (Å²) < 4.78 is 6.78. The lowest BCUT2D eigenvalue weighted by Gasteiger charge is -2.16. The molecule has 1 heterocycles. The molecular formula is C14H18N4O3. The molecule has 0 bridgehead atoms. The second-order valence-electron chi connectivity index (χ2n) is 4.81. The Hall–Kier alpha value is -2.28. The van der Waals surface area contributed by atoms with Crippen molar-refractivity contribution in [2.24, 2.45) is 0 Å². The van der Waals surface area contributed by atoms with Crippen LogP contribution < -0.4 is 0 Å². The van der Waals surface area contributed by atoms with Gasteiger partial charge in [0, 0.05) is 13.0 Å². The highest BCUT2D eigenvalue weighted by Gasteiger charge is 2.20. The van der Waals surface area contributed by atoms with Crippen molar-refractivity contribution >= 4 is 5.97 Å². The number of aliphatic carboxylic acids is 1. The minimum atomic E-state index is -0.910. The van der Waals surface area contributed by atoms with Gasteiger partial charge in [0.2, 0.25) is 0 Å². The van der Waals surface area contributed by atoms with Crippen molar-refractivity contribution in [3.63, 3.8) is 0 Å². The van der Waals surface area contributed by atoms with E-state index in [1.807, 2.05) is 37.3 Å². The molecule has 0 fully saturated rings. The standard InChI is InChI=1S/C14H18N4O3/c1-10(11-6-4-3-5-7-11)14-15-16-17-18(14)9-12(21-2)8-13(19)20/h3-7,10,12H,8-9H2,1-2H3,(H,19,20). The van der Waals surface area contributed by atoms with Gasteiger partial charge in [-0.05, 0) is 16.0 Å². The fourth-order valence-corrected chi connectivity index (χ4v) is 2.15. The van der Waals surface area contributed by atoms with E-state index in [1.54, 1.807) is 4.68 Å². The zero-order valence-electron chi connectivity index (χ0n) is 12.0. The molecular weight excluding hydrogens is 272 g/mol. The van der Waals surface area contributed by atoms with Gasteiger partial charge in [0.15, 0.2) is 5.82 Å². The van der Waals surface area contributed by atoms with E-state index in [0.29, 0.717) is 12.4 Å². The summed E-state index contributed by atoms with van der Waals surface area (Å²) in [7, 11) is 1.48. The first-order chi connectivity index (χ1) is 10.1.